The lowest BCUT2D eigenvalue weighted by Crippen LogP contribution is -2.28. The van der Waals surface area contributed by atoms with E-state index in [1.54, 1.807) is 0 Å². The van der Waals surface area contributed by atoms with Crippen LogP contribution in [0.5, 0.6) is 0 Å². The molecule has 0 aliphatic heterocycles. The predicted octanol–water partition coefficient (Wildman–Crippen LogP) is 0.751. The fourth-order valence-corrected chi connectivity index (χ4v) is 2.29. The van der Waals surface area contributed by atoms with Crippen molar-refractivity contribution in [3.8, 4) is 0 Å². The summed E-state index contributed by atoms with van der Waals surface area (Å²) >= 11 is 0. The second-order valence-electron chi connectivity index (χ2n) is 4.13. The van der Waals surface area contributed by atoms with Crippen LogP contribution in [0.1, 0.15) is 19.3 Å². The molecule has 0 unspecified atom stereocenters. The maximum Gasteiger partial charge on any atom is 0.213 e. The Kier molecular flexibility index (Phi) is 3.50. The molecule has 0 spiro atoms. The molecule has 15 heavy (non-hydrogen) atoms. The minimum atomic E-state index is 0.360. The molecule has 1 aromatic rings. The average Bonchev–Trinajstić information content (AvgIpc) is 2.87. The third-order valence-electron chi connectivity index (χ3n) is 3.01. The highest BCUT2D eigenvalue weighted by Gasteiger charge is 2.24. The molecule has 2 rings (SSSR count). The molecule has 1 heterocycles. The summed E-state index contributed by atoms with van der Waals surface area (Å²) in [6.07, 6.45) is 9.21. The molecule has 1 saturated carbocycles. The van der Waals surface area contributed by atoms with E-state index in [0.29, 0.717) is 18.5 Å². The maximum absolute atomic E-state index is 10.1. The van der Waals surface area contributed by atoms with Crippen LogP contribution in [-0.2, 0) is 11.3 Å². The van der Waals surface area contributed by atoms with Gasteiger partial charge in [0.15, 0.2) is 0 Å². The summed E-state index contributed by atoms with van der Waals surface area (Å²) in [4.78, 5) is 10.1. The topological polar surface area (TPSA) is 46.9 Å². The van der Waals surface area contributed by atoms with Crippen molar-refractivity contribution in [1.82, 2.24) is 15.1 Å². The molecule has 1 radical (unpaired) electrons. The van der Waals surface area contributed by atoms with Crippen LogP contribution in [0.2, 0.25) is 0 Å². The van der Waals surface area contributed by atoms with E-state index < -0.39 is 0 Å². The molecule has 1 aliphatic rings. The van der Waals surface area contributed by atoms with Crippen molar-refractivity contribution in [2.75, 3.05) is 6.54 Å². The van der Waals surface area contributed by atoms with Crippen molar-refractivity contribution in [1.29, 1.82) is 0 Å². The van der Waals surface area contributed by atoms with Crippen LogP contribution in [-0.4, -0.2) is 28.7 Å². The molecule has 1 aliphatic carbocycles. The van der Waals surface area contributed by atoms with E-state index in [4.69, 9.17) is 0 Å². The van der Waals surface area contributed by atoms with E-state index in [1.807, 2.05) is 29.4 Å². The second kappa shape index (κ2) is 5.07. The van der Waals surface area contributed by atoms with Crippen molar-refractivity contribution >= 4 is 6.29 Å². The lowest BCUT2D eigenvalue weighted by molar-refractivity contribution is 0.415. The van der Waals surface area contributed by atoms with Crippen LogP contribution in [0.3, 0.4) is 0 Å². The van der Waals surface area contributed by atoms with Gasteiger partial charge in [-0.15, -0.1) is 0 Å². The Morgan fingerprint density at radius 3 is 3.20 bits per heavy atom. The summed E-state index contributed by atoms with van der Waals surface area (Å²) in [5.74, 6) is 0.689. The van der Waals surface area contributed by atoms with Crippen LogP contribution >= 0.6 is 0 Å². The van der Waals surface area contributed by atoms with Gasteiger partial charge in [0.05, 0.1) is 6.54 Å². The van der Waals surface area contributed by atoms with E-state index in [0.717, 1.165) is 19.4 Å². The molecule has 2 atom stereocenters. The van der Waals surface area contributed by atoms with Crippen molar-refractivity contribution in [3.05, 3.63) is 18.5 Å². The molecule has 81 valence electrons. The molecule has 4 heteroatoms. The van der Waals surface area contributed by atoms with Crippen LogP contribution in [0.15, 0.2) is 18.5 Å². The largest absolute Gasteiger partial charge is 0.307 e. The number of rotatable bonds is 5. The Morgan fingerprint density at radius 1 is 1.53 bits per heavy atom. The van der Waals surface area contributed by atoms with E-state index in [9.17, 15) is 4.79 Å². The highest BCUT2D eigenvalue weighted by atomic mass is 16.1. The predicted molar refractivity (Wildman–Crippen MR) is 57.1 cm³/mol. The van der Waals surface area contributed by atoms with Gasteiger partial charge in [0.1, 0.15) is 0 Å². The van der Waals surface area contributed by atoms with E-state index in [1.165, 1.54) is 6.42 Å². The molecule has 1 fully saturated rings. The second-order valence-corrected chi connectivity index (χ2v) is 4.13. The smallest absolute Gasteiger partial charge is 0.213 e. The minimum Gasteiger partial charge on any atom is -0.307 e. The van der Waals surface area contributed by atoms with Crippen molar-refractivity contribution in [2.24, 2.45) is 5.92 Å². The SMILES string of the molecule is O=[C]CN[C@H]1CC[C@@H](Cn2cccn2)C1. The van der Waals surface area contributed by atoms with E-state index in [2.05, 4.69) is 10.4 Å². The number of hydrogen-bond donors (Lipinski definition) is 1. The van der Waals surface area contributed by atoms with Crippen LogP contribution in [0, 0.1) is 5.92 Å². The number of carbonyl (C=O) groups excluding carboxylic acids is 1. The minimum absolute atomic E-state index is 0.360. The third kappa shape index (κ3) is 2.89. The zero-order chi connectivity index (χ0) is 10.5. The fourth-order valence-electron chi connectivity index (χ4n) is 2.29. The van der Waals surface area contributed by atoms with Gasteiger partial charge in [-0.25, -0.2) is 0 Å². The standard InChI is InChI=1S/C11H16N3O/c15-7-5-12-11-3-2-10(8-11)9-14-6-1-4-13-14/h1,4,6,10-12H,2-3,5,8-9H2/t10-,11+/m1/s1. The van der Waals surface area contributed by atoms with Crippen LogP contribution in [0.25, 0.3) is 0 Å². The third-order valence-corrected chi connectivity index (χ3v) is 3.01. The average molecular weight is 206 g/mol. The zero-order valence-electron chi connectivity index (χ0n) is 8.72. The lowest BCUT2D eigenvalue weighted by atomic mass is 10.1. The van der Waals surface area contributed by atoms with Crippen molar-refractivity contribution in [3.63, 3.8) is 0 Å². The first-order valence-electron chi connectivity index (χ1n) is 5.44. The number of nitrogens with zero attached hydrogens (tertiary/aromatic N) is 2. The van der Waals surface area contributed by atoms with Crippen molar-refractivity contribution < 1.29 is 4.79 Å². The fraction of sp³-hybridized carbons (Fsp3) is 0.636. The molecular formula is C11H16N3O. The summed E-state index contributed by atoms with van der Waals surface area (Å²) < 4.78 is 1.99. The van der Waals surface area contributed by atoms with Crippen LogP contribution in [0.4, 0.5) is 0 Å². The van der Waals surface area contributed by atoms with Gasteiger partial charge in [-0.3, -0.25) is 9.48 Å². The van der Waals surface area contributed by atoms with Crippen molar-refractivity contribution in [2.45, 2.75) is 31.8 Å². The monoisotopic (exact) mass is 206 g/mol. The van der Waals surface area contributed by atoms with E-state index in [-0.39, 0.29) is 0 Å². The van der Waals surface area contributed by atoms with Gasteiger partial charge in [0.2, 0.25) is 6.29 Å². The zero-order valence-corrected chi connectivity index (χ0v) is 8.72. The van der Waals surface area contributed by atoms with Gasteiger partial charge in [-0.1, -0.05) is 0 Å². The first-order valence-corrected chi connectivity index (χ1v) is 5.44. The molecule has 1 aromatic heterocycles. The Hall–Kier alpha value is -1.16. The maximum atomic E-state index is 10.1. The first kappa shape index (κ1) is 10.4. The highest BCUT2D eigenvalue weighted by Crippen LogP contribution is 2.26. The van der Waals surface area contributed by atoms with Gasteiger partial charge in [-0.05, 0) is 31.2 Å². The summed E-state index contributed by atoms with van der Waals surface area (Å²) in [6, 6.07) is 2.44. The van der Waals surface area contributed by atoms with E-state index >= 15 is 0 Å². The van der Waals surface area contributed by atoms with Gasteiger partial charge >= 0.3 is 0 Å². The quantitative estimate of drug-likeness (QED) is 0.773. The summed E-state index contributed by atoms with van der Waals surface area (Å²) in [7, 11) is 0. The molecule has 0 amide bonds. The van der Waals surface area contributed by atoms with Gasteiger partial charge in [0.25, 0.3) is 0 Å². The Labute approximate surface area is 89.7 Å². The van der Waals surface area contributed by atoms with Crippen LogP contribution < -0.4 is 5.32 Å². The number of aromatic nitrogens is 2. The lowest BCUT2D eigenvalue weighted by Gasteiger charge is -2.11. The molecule has 1 N–H and O–H groups in total. The molecular weight excluding hydrogens is 190 g/mol. The van der Waals surface area contributed by atoms with Gasteiger partial charge < -0.3 is 5.32 Å². The molecule has 0 bridgehead atoms. The number of nitrogens with one attached hydrogen (secondary N) is 1. The summed E-state index contributed by atoms with van der Waals surface area (Å²) in [5.41, 5.74) is 0. The first-order chi connectivity index (χ1) is 7.38. The highest BCUT2D eigenvalue weighted by molar-refractivity contribution is 5.52. The Balaban J connectivity index is 1.75. The molecule has 0 aromatic carbocycles. The molecule has 4 nitrogen and oxygen atoms in total. The summed E-state index contributed by atoms with van der Waals surface area (Å²) in [6.45, 7) is 1.36. The Bertz CT molecular complexity index is 297. The molecule has 0 saturated heterocycles. The Morgan fingerprint density at radius 2 is 2.47 bits per heavy atom. The van der Waals surface area contributed by atoms with Gasteiger partial charge in [-0.2, -0.15) is 5.10 Å². The normalized spacial score (nSPS) is 25.6. The van der Waals surface area contributed by atoms with Gasteiger partial charge in [0, 0.05) is 25.0 Å². The summed E-state index contributed by atoms with van der Waals surface area (Å²) in [5, 5.41) is 7.39. The number of hydrogen-bond acceptors (Lipinski definition) is 3.